The molecule has 2 heterocycles. The summed E-state index contributed by atoms with van der Waals surface area (Å²) in [4.78, 5) is 25.0. The Kier molecular flexibility index (Phi) is 4.54. The van der Waals surface area contributed by atoms with Gasteiger partial charge in [-0.15, -0.1) is 0 Å². The number of benzene rings is 1. The Morgan fingerprint density at radius 3 is 2.58 bits per heavy atom. The number of aromatic carboxylic acids is 1. The van der Waals surface area contributed by atoms with E-state index in [2.05, 4.69) is 0 Å². The van der Waals surface area contributed by atoms with Crippen LogP contribution < -0.4 is 10.3 Å². The van der Waals surface area contributed by atoms with Crippen LogP contribution >= 0.6 is 0 Å². The van der Waals surface area contributed by atoms with E-state index in [4.69, 9.17) is 4.74 Å². The minimum Gasteiger partial charge on any atom is -0.490 e. The van der Waals surface area contributed by atoms with Gasteiger partial charge in [0, 0.05) is 12.7 Å². The normalized spacial score (nSPS) is 11.1. The molecule has 0 aliphatic carbocycles. The van der Waals surface area contributed by atoms with E-state index in [9.17, 15) is 19.1 Å². The number of carboxylic acid groups (broad SMARTS) is 1. The van der Waals surface area contributed by atoms with E-state index in [1.54, 1.807) is 26.1 Å². The van der Waals surface area contributed by atoms with Crippen LogP contribution in [0, 0.1) is 5.82 Å². The number of pyridine rings is 1. The molecule has 0 bridgehead atoms. The monoisotopic (exact) mass is 358 g/mol. The molecular formula is C19H19FN2O4. The zero-order valence-electron chi connectivity index (χ0n) is 14.7. The minimum absolute atomic E-state index is 0.0373. The van der Waals surface area contributed by atoms with Crippen molar-refractivity contribution in [2.24, 2.45) is 7.05 Å². The van der Waals surface area contributed by atoms with Gasteiger partial charge >= 0.3 is 5.97 Å². The van der Waals surface area contributed by atoms with Gasteiger partial charge in [0.2, 0.25) is 0 Å². The zero-order chi connectivity index (χ0) is 19.0. The molecule has 0 radical (unpaired) electrons. The average Bonchev–Trinajstić information content (AvgIpc) is 2.87. The lowest BCUT2D eigenvalue weighted by atomic mass is 10.2. The van der Waals surface area contributed by atoms with Gasteiger partial charge in [0.05, 0.1) is 17.8 Å². The summed E-state index contributed by atoms with van der Waals surface area (Å²) in [5, 5.41) is 9.73. The van der Waals surface area contributed by atoms with E-state index in [-0.39, 0.29) is 23.4 Å². The number of aromatic nitrogens is 2. The van der Waals surface area contributed by atoms with Crippen LogP contribution in [0.2, 0.25) is 0 Å². The summed E-state index contributed by atoms with van der Waals surface area (Å²) in [6, 6.07) is 7.48. The first-order valence-corrected chi connectivity index (χ1v) is 8.30. The molecule has 0 aliphatic heterocycles. The summed E-state index contributed by atoms with van der Waals surface area (Å²) in [5.41, 5.74) is 0.987. The van der Waals surface area contributed by atoms with Crippen LogP contribution in [0.25, 0.3) is 16.6 Å². The predicted molar refractivity (Wildman–Crippen MR) is 96.0 cm³/mol. The summed E-state index contributed by atoms with van der Waals surface area (Å²) in [6.07, 6.45) is 0.513. The van der Waals surface area contributed by atoms with Gasteiger partial charge in [0.1, 0.15) is 11.2 Å². The molecule has 3 aromatic rings. The number of carbonyl (C=O) groups is 1. The van der Waals surface area contributed by atoms with Crippen molar-refractivity contribution in [3.8, 4) is 11.4 Å². The van der Waals surface area contributed by atoms with Crippen molar-refractivity contribution in [2.45, 2.75) is 20.3 Å². The maximum absolute atomic E-state index is 13.7. The van der Waals surface area contributed by atoms with Crippen LogP contribution in [-0.4, -0.2) is 26.8 Å². The van der Waals surface area contributed by atoms with Gasteiger partial charge in [-0.1, -0.05) is 13.0 Å². The minimum atomic E-state index is -1.18. The number of hydrogen-bond acceptors (Lipinski definition) is 3. The zero-order valence-corrected chi connectivity index (χ0v) is 14.7. The van der Waals surface area contributed by atoms with Crippen molar-refractivity contribution in [2.75, 3.05) is 6.61 Å². The first kappa shape index (κ1) is 17.7. The summed E-state index contributed by atoms with van der Waals surface area (Å²) in [5.74, 6) is -1.60. The van der Waals surface area contributed by atoms with E-state index < -0.39 is 17.3 Å². The quantitative estimate of drug-likeness (QED) is 0.760. The van der Waals surface area contributed by atoms with Crippen molar-refractivity contribution in [3.05, 3.63) is 57.9 Å². The number of rotatable bonds is 5. The fraction of sp³-hybridized carbons (Fsp3) is 0.263. The number of nitrogens with zero attached hydrogens (tertiary/aromatic N) is 2. The number of fused-ring (bicyclic) bond motifs is 1. The lowest BCUT2D eigenvalue weighted by Crippen LogP contribution is -2.22. The number of aryl methyl sites for hydroxylation is 2. The van der Waals surface area contributed by atoms with Crippen LogP contribution in [0.1, 0.15) is 30.0 Å². The van der Waals surface area contributed by atoms with Gasteiger partial charge in [-0.3, -0.25) is 9.36 Å². The lowest BCUT2D eigenvalue weighted by molar-refractivity contribution is 0.0682. The highest BCUT2D eigenvalue weighted by atomic mass is 19.1. The summed E-state index contributed by atoms with van der Waals surface area (Å²) >= 11 is 0. The first-order valence-electron chi connectivity index (χ1n) is 8.30. The van der Waals surface area contributed by atoms with Gasteiger partial charge in [-0.05, 0) is 37.6 Å². The third kappa shape index (κ3) is 2.65. The van der Waals surface area contributed by atoms with Crippen molar-refractivity contribution < 1.29 is 19.0 Å². The van der Waals surface area contributed by atoms with Gasteiger partial charge < -0.3 is 14.4 Å². The molecule has 1 N–H and O–H groups in total. The van der Waals surface area contributed by atoms with Gasteiger partial charge in [0.15, 0.2) is 11.4 Å². The Balaban J connectivity index is 2.48. The van der Waals surface area contributed by atoms with E-state index in [0.717, 1.165) is 0 Å². The Morgan fingerprint density at radius 2 is 2.00 bits per heavy atom. The fourth-order valence-corrected chi connectivity index (χ4v) is 3.20. The van der Waals surface area contributed by atoms with Gasteiger partial charge in [-0.25, -0.2) is 9.18 Å². The third-order valence-electron chi connectivity index (χ3n) is 4.32. The van der Waals surface area contributed by atoms with Crippen LogP contribution in [0.4, 0.5) is 4.39 Å². The molecule has 0 saturated carbocycles. The molecule has 0 fully saturated rings. The molecule has 136 valence electrons. The summed E-state index contributed by atoms with van der Waals surface area (Å²) in [6.45, 7) is 3.81. The molecule has 2 aromatic heterocycles. The number of carboxylic acids is 1. The Labute approximate surface area is 149 Å². The largest absolute Gasteiger partial charge is 0.490 e. The molecule has 26 heavy (non-hydrogen) atoms. The van der Waals surface area contributed by atoms with Crippen molar-refractivity contribution in [3.63, 3.8) is 0 Å². The van der Waals surface area contributed by atoms with E-state index in [1.165, 1.54) is 27.3 Å². The van der Waals surface area contributed by atoms with Crippen LogP contribution in [-0.2, 0) is 13.5 Å². The molecular weight excluding hydrogens is 339 g/mol. The highest BCUT2D eigenvalue weighted by molar-refractivity contribution is 6.00. The summed E-state index contributed by atoms with van der Waals surface area (Å²) in [7, 11) is 1.58. The van der Waals surface area contributed by atoms with Crippen LogP contribution in [0.3, 0.4) is 0 Å². The SMILES string of the molecule is CCOc1c(C(=O)O)n(C)c2cc(CC)n(-c3cccc(F)c3)c(=O)c12. The van der Waals surface area contributed by atoms with E-state index >= 15 is 0 Å². The predicted octanol–water partition coefficient (Wildman–Crippen LogP) is 3.13. The molecule has 0 aliphatic rings. The molecule has 0 unspecified atom stereocenters. The molecule has 7 heteroatoms. The third-order valence-corrected chi connectivity index (χ3v) is 4.32. The summed E-state index contributed by atoms with van der Waals surface area (Å²) < 4.78 is 22.0. The maximum atomic E-state index is 13.7. The second kappa shape index (κ2) is 6.67. The van der Waals surface area contributed by atoms with Crippen LogP contribution in [0.5, 0.6) is 5.75 Å². The first-order chi connectivity index (χ1) is 12.4. The molecule has 0 spiro atoms. The Bertz CT molecular complexity index is 1070. The number of hydrogen-bond donors (Lipinski definition) is 1. The number of ether oxygens (including phenoxy) is 1. The molecule has 3 rings (SSSR count). The van der Waals surface area contributed by atoms with E-state index in [0.29, 0.717) is 23.3 Å². The van der Waals surface area contributed by atoms with Gasteiger partial charge in [-0.2, -0.15) is 0 Å². The van der Waals surface area contributed by atoms with Crippen molar-refractivity contribution >= 4 is 16.9 Å². The molecule has 0 saturated heterocycles. The fourth-order valence-electron chi connectivity index (χ4n) is 3.20. The molecule has 1 aromatic carbocycles. The Hall–Kier alpha value is -3.09. The van der Waals surface area contributed by atoms with Gasteiger partial charge in [0.25, 0.3) is 5.56 Å². The van der Waals surface area contributed by atoms with Crippen molar-refractivity contribution in [1.82, 2.24) is 9.13 Å². The van der Waals surface area contributed by atoms with Crippen LogP contribution in [0.15, 0.2) is 35.1 Å². The highest BCUT2D eigenvalue weighted by Gasteiger charge is 2.26. The smallest absolute Gasteiger partial charge is 0.356 e. The number of halogens is 1. The lowest BCUT2D eigenvalue weighted by Gasteiger charge is -2.13. The second-order valence-electron chi connectivity index (χ2n) is 5.84. The molecule has 6 nitrogen and oxygen atoms in total. The highest BCUT2D eigenvalue weighted by Crippen LogP contribution is 2.31. The second-order valence-corrected chi connectivity index (χ2v) is 5.84. The van der Waals surface area contributed by atoms with Crippen molar-refractivity contribution in [1.29, 1.82) is 0 Å². The topological polar surface area (TPSA) is 73.5 Å². The standard InChI is InChI=1S/C19H19FN2O4/c1-4-12-10-14-15(17(26-5-2)16(19(24)25)21(14)3)18(23)22(12)13-8-6-7-11(20)9-13/h6-10H,4-5H2,1-3H3,(H,24,25). The maximum Gasteiger partial charge on any atom is 0.356 e. The average molecular weight is 358 g/mol. The molecule has 0 amide bonds. The Morgan fingerprint density at radius 1 is 1.27 bits per heavy atom. The van der Waals surface area contributed by atoms with E-state index in [1.807, 2.05) is 6.92 Å². The molecule has 0 atom stereocenters.